The Kier molecular flexibility index (Phi) is 6.96. The second-order valence-corrected chi connectivity index (χ2v) is 8.75. The lowest BCUT2D eigenvalue weighted by Crippen LogP contribution is -2.45. The number of carbonyl (C=O) groups excluding carboxylic acids is 1. The van der Waals surface area contributed by atoms with E-state index in [1.54, 1.807) is 12.1 Å². The summed E-state index contributed by atoms with van der Waals surface area (Å²) in [4.78, 5) is 14.1. The summed E-state index contributed by atoms with van der Waals surface area (Å²) >= 11 is 11.8. The number of hydrogen-bond acceptors (Lipinski definition) is 6. The fourth-order valence-corrected chi connectivity index (χ4v) is 5.21. The van der Waals surface area contributed by atoms with Crippen molar-refractivity contribution in [1.82, 2.24) is 4.90 Å². The van der Waals surface area contributed by atoms with Crippen molar-refractivity contribution in [3.8, 4) is 5.75 Å². The monoisotopic (exact) mass is 409 g/mol. The number of sulfone groups is 1. The molecule has 0 bridgehead atoms. The molecule has 6 nitrogen and oxygen atoms in total. The van der Waals surface area contributed by atoms with Crippen molar-refractivity contribution in [2.24, 2.45) is 0 Å². The van der Waals surface area contributed by atoms with Gasteiger partial charge in [-0.3, -0.25) is 4.90 Å². The van der Waals surface area contributed by atoms with Crippen LogP contribution in [0.1, 0.15) is 13.8 Å². The Morgan fingerprint density at radius 3 is 2.52 bits per heavy atom. The number of ether oxygens (including phenoxy) is 2. The number of rotatable bonds is 7. The molecule has 9 heteroatoms. The summed E-state index contributed by atoms with van der Waals surface area (Å²) in [6.45, 7) is 4.89. The third kappa shape index (κ3) is 5.48. The molecule has 0 amide bonds. The Hall–Kier alpha value is -1.02. The van der Waals surface area contributed by atoms with Crippen molar-refractivity contribution in [2.45, 2.75) is 26.0 Å². The molecule has 25 heavy (non-hydrogen) atoms. The van der Waals surface area contributed by atoms with E-state index in [0.717, 1.165) is 0 Å². The standard InChI is InChI=1S/C16H21Cl2NO5S/c1-3-19(4-2)13-9-25(21,22)10-15(13)24-16(20)8-23-14-6-5-11(17)7-12(14)18/h5-7,13,15H,3-4,8-10H2,1-2H3. The molecule has 140 valence electrons. The van der Waals surface area contributed by atoms with Crippen LogP contribution >= 0.6 is 23.2 Å². The van der Waals surface area contributed by atoms with E-state index in [4.69, 9.17) is 32.7 Å². The molecule has 1 aliphatic heterocycles. The van der Waals surface area contributed by atoms with Crippen molar-refractivity contribution >= 4 is 39.0 Å². The van der Waals surface area contributed by atoms with Gasteiger partial charge in [0.1, 0.15) is 11.9 Å². The van der Waals surface area contributed by atoms with Crippen LogP contribution in [0.3, 0.4) is 0 Å². The number of halogens is 2. The van der Waals surface area contributed by atoms with Crippen LogP contribution in [0.5, 0.6) is 5.75 Å². The van der Waals surface area contributed by atoms with Gasteiger partial charge in [0.2, 0.25) is 0 Å². The van der Waals surface area contributed by atoms with E-state index in [9.17, 15) is 13.2 Å². The lowest BCUT2D eigenvalue weighted by molar-refractivity contribution is -0.152. The molecule has 2 atom stereocenters. The van der Waals surface area contributed by atoms with Gasteiger partial charge in [0.15, 0.2) is 16.4 Å². The molecule has 1 aromatic carbocycles. The summed E-state index contributed by atoms with van der Waals surface area (Å²) in [5, 5.41) is 0.739. The molecule has 0 aromatic heterocycles. The maximum atomic E-state index is 12.1. The van der Waals surface area contributed by atoms with E-state index in [-0.39, 0.29) is 29.2 Å². The summed E-state index contributed by atoms with van der Waals surface area (Å²) in [6, 6.07) is 4.32. The zero-order valence-corrected chi connectivity index (χ0v) is 16.4. The summed E-state index contributed by atoms with van der Waals surface area (Å²) in [5.41, 5.74) is 0. The number of hydrogen-bond donors (Lipinski definition) is 0. The highest BCUT2D eigenvalue weighted by molar-refractivity contribution is 7.91. The SMILES string of the molecule is CCN(CC)C1CS(=O)(=O)CC1OC(=O)COc1ccc(Cl)cc1Cl. The van der Waals surface area contributed by atoms with Gasteiger partial charge in [-0.25, -0.2) is 13.2 Å². The van der Waals surface area contributed by atoms with Crippen LogP contribution in [0.4, 0.5) is 0 Å². The summed E-state index contributed by atoms with van der Waals surface area (Å²) < 4.78 is 34.6. The smallest absolute Gasteiger partial charge is 0.344 e. The van der Waals surface area contributed by atoms with Gasteiger partial charge in [-0.05, 0) is 31.3 Å². The fraction of sp³-hybridized carbons (Fsp3) is 0.562. The average Bonchev–Trinajstić information content (AvgIpc) is 2.82. The van der Waals surface area contributed by atoms with Crippen molar-refractivity contribution in [3.63, 3.8) is 0 Å². The summed E-state index contributed by atoms with van der Waals surface area (Å²) in [7, 11) is -3.23. The molecule has 1 heterocycles. The third-order valence-electron chi connectivity index (χ3n) is 4.08. The molecule has 0 aliphatic carbocycles. The second kappa shape index (κ2) is 8.58. The molecule has 0 radical (unpaired) electrons. The highest BCUT2D eigenvalue weighted by atomic mass is 35.5. The lowest BCUT2D eigenvalue weighted by Gasteiger charge is -2.29. The Morgan fingerprint density at radius 1 is 1.24 bits per heavy atom. The Labute approximate surface area is 157 Å². The molecule has 1 aliphatic rings. The highest BCUT2D eigenvalue weighted by Crippen LogP contribution is 2.27. The van der Waals surface area contributed by atoms with E-state index in [0.29, 0.717) is 23.9 Å². The maximum absolute atomic E-state index is 12.1. The first kappa shape index (κ1) is 20.3. The molecule has 0 N–H and O–H groups in total. The first-order valence-corrected chi connectivity index (χ1v) is 10.5. The Morgan fingerprint density at radius 2 is 1.92 bits per heavy atom. The predicted molar refractivity (Wildman–Crippen MR) is 97.2 cm³/mol. The van der Waals surface area contributed by atoms with Crippen LogP contribution < -0.4 is 4.74 Å². The Bertz CT molecular complexity index is 721. The summed E-state index contributed by atoms with van der Waals surface area (Å²) in [6.07, 6.45) is -0.693. The predicted octanol–water partition coefficient (Wildman–Crippen LogP) is 2.42. The topological polar surface area (TPSA) is 72.9 Å². The third-order valence-corrected chi connectivity index (χ3v) is 6.29. The molecule has 0 spiro atoms. The van der Waals surface area contributed by atoms with Crippen LogP contribution in [0.2, 0.25) is 10.0 Å². The summed E-state index contributed by atoms with van der Waals surface area (Å²) in [5.74, 6) is -0.495. The van der Waals surface area contributed by atoms with Gasteiger partial charge in [-0.2, -0.15) is 0 Å². The number of likely N-dealkylation sites (N-methyl/N-ethyl adjacent to an activating group) is 1. The second-order valence-electron chi connectivity index (χ2n) is 5.76. The van der Waals surface area contributed by atoms with E-state index < -0.39 is 21.9 Å². The van der Waals surface area contributed by atoms with Gasteiger partial charge < -0.3 is 9.47 Å². The van der Waals surface area contributed by atoms with Crippen LogP contribution in [-0.4, -0.2) is 62.6 Å². The van der Waals surface area contributed by atoms with Gasteiger partial charge in [-0.15, -0.1) is 0 Å². The minimum absolute atomic E-state index is 0.00348. The van der Waals surface area contributed by atoms with Crippen molar-refractivity contribution in [3.05, 3.63) is 28.2 Å². The maximum Gasteiger partial charge on any atom is 0.344 e. The van der Waals surface area contributed by atoms with Crippen molar-refractivity contribution in [2.75, 3.05) is 31.2 Å². The van der Waals surface area contributed by atoms with Gasteiger partial charge in [0.25, 0.3) is 0 Å². The molecule has 1 aromatic rings. The van der Waals surface area contributed by atoms with Crippen LogP contribution in [0.25, 0.3) is 0 Å². The molecule has 1 saturated heterocycles. The van der Waals surface area contributed by atoms with Gasteiger partial charge in [0.05, 0.1) is 22.6 Å². The van der Waals surface area contributed by atoms with Gasteiger partial charge in [-0.1, -0.05) is 37.0 Å². The first-order chi connectivity index (χ1) is 11.8. The molecule has 2 unspecified atom stereocenters. The number of esters is 1. The zero-order valence-electron chi connectivity index (χ0n) is 14.1. The average molecular weight is 410 g/mol. The molecular weight excluding hydrogens is 389 g/mol. The van der Waals surface area contributed by atoms with E-state index >= 15 is 0 Å². The number of benzene rings is 1. The molecule has 1 fully saturated rings. The van der Waals surface area contributed by atoms with E-state index in [1.807, 2.05) is 18.7 Å². The Balaban J connectivity index is 1.98. The van der Waals surface area contributed by atoms with Crippen LogP contribution in [0.15, 0.2) is 18.2 Å². The van der Waals surface area contributed by atoms with Crippen LogP contribution in [0, 0.1) is 0 Å². The van der Waals surface area contributed by atoms with E-state index in [1.165, 1.54) is 6.07 Å². The quantitative estimate of drug-likeness (QED) is 0.643. The van der Waals surface area contributed by atoms with Gasteiger partial charge in [0, 0.05) is 5.02 Å². The van der Waals surface area contributed by atoms with E-state index in [2.05, 4.69) is 0 Å². The zero-order chi connectivity index (χ0) is 18.6. The van der Waals surface area contributed by atoms with Crippen molar-refractivity contribution in [1.29, 1.82) is 0 Å². The molecular formula is C16H21Cl2NO5S. The minimum atomic E-state index is -3.23. The molecule has 0 saturated carbocycles. The largest absolute Gasteiger partial charge is 0.480 e. The highest BCUT2D eigenvalue weighted by Gasteiger charge is 2.42. The normalized spacial score (nSPS) is 22.1. The minimum Gasteiger partial charge on any atom is -0.480 e. The fourth-order valence-electron chi connectivity index (χ4n) is 2.87. The van der Waals surface area contributed by atoms with Crippen LogP contribution in [-0.2, 0) is 19.4 Å². The van der Waals surface area contributed by atoms with Gasteiger partial charge >= 0.3 is 5.97 Å². The number of nitrogens with zero attached hydrogens (tertiary/aromatic N) is 1. The number of carbonyl (C=O) groups is 1. The lowest BCUT2D eigenvalue weighted by atomic mass is 10.2. The molecule has 2 rings (SSSR count). The van der Waals surface area contributed by atoms with Crippen molar-refractivity contribution < 1.29 is 22.7 Å². The first-order valence-electron chi connectivity index (χ1n) is 7.97.